The summed E-state index contributed by atoms with van der Waals surface area (Å²) in [6, 6.07) is 10.3. The molecule has 0 saturated heterocycles. The van der Waals surface area contributed by atoms with Gasteiger partial charge in [0.25, 0.3) is 11.6 Å². The number of hydrogen-bond acceptors (Lipinski definition) is 8. The molecular formula is C22H19N5O6. The molecule has 0 fully saturated rings. The van der Waals surface area contributed by atoms with Gasteiger partial charge in [0.05, 0.1) is 28.3 Å². The van der Waals surface area contributed by atoms with Crippen LogP contribution >= 0.6 is 0 Å². The van der Waals surface area contributed by atoms with E-state index in [1.54, 1.807) is 16.8 Å². The van der Waals surface area contributed by atoms with Gasteiger partial charge in [-0.3, -0.25) is 14.9 Å². The molecule has 3 aromatic heterocycles. The number of anilines is 1. The van der Waals surface area contributed by atoms with Crippen molar-refractivity contribution < 1.29 is 23.7 Å². The van der Waals surface area contributed by atoms with Crippen molar-refractivity contribution in [2.75, 3.05) is 11.9 Å². The highest BCUT2D eigenvalue weighted by molar-refractivity contribution is 6.04. The van der Waals surface area contributed by atoms with Crippen LogP contribution in [-0.4, -0.2) is 38.2 Å². The lowest BCUT2D eigenvalue weighted by Crippen LogP contribution is -2.21. The average Bonchev–Trinajstić information content (AvgIpc) is 3.47. The fourth-order valence-electron chi connectivity index (χ4n) is 3.19. The third kappa shape index (κ3) is 4.56. The Morgan fingerprint density at radius 2 is 2.00 bits per heavy atom. The topological polar surface area (TPSA) is 142 Å². The molecule has 0 unspecified atom stereocenters. The van der Waals surface area contributed by atoms with Gasteiger partial charge in [-0.25, -0.2) is 14.5 Å². The number of rotatable bonds is 7. The average molecular weight is 449 g/mol. The van der Waals surface area contributed by atoms with Crippen LogP contribution in [0.1, 0.15) is 30.2 Å². The fraction of sp³-hybridized carbons (Fsp3) is 0.182. The Labute approximate surface area is 187 Å². The van der Waals surface area contributed by atoms with Gasteiger partial charge in [0.1, 0.15) is 5.69 Å². The van der Waals surface area contributed by atoms with Crippen molar-refractivity contribution in [3.8, 4) is 11.5 Å². The number of aromatic nitrogens is 3. The summed E-state index contributed by atoms with van der Waals surface area (Å²) in [5.74, 6) is -0.845. The van der Waals surface area contributed by atoms with Gasteiger partial charge >= 0.3 is 5.97 Å². The number of benzene rings is 1. The van der Waals surface area contributed by atoms with Crippen molar-refractivity contribution in [3.63, 3.8) is 0 Å². The molecule has 11 heteroatoms. The highest BCUT2D eigenvalue weighted by Gasteiger charge is 2.21. The number of nitro benzene ring substituents is 1. The second-order valence-electron chi connectivity index (χ2n) is 7.38. The molecule has 1 aromatic carbocycles. The number of esters is 1. The quantitative estimate of drug-likeness (QED) is 0.254. The van der Waals surface area contributed by atoms with Crippen molar-refractivity contribution >= 4 is 34.3 Å². The van der Waals surface area contributed by atoms with E-state index in [4.69, 9.17) is 9.15 Å². The van der Waals surface area contributed by atoms with Crippen molar-refractivity contribution in [1.82, 2.24) is 14.8 Å². The summed E-state index contributed by atoms with van der Waals surface area (Å²) in [6.45, 7) is 3.33. The Bertz CT molecular complexity index is 1330. The van der Waals surface area contributed by atoms with Gasteiger partial charge in [0.2, 0.25) is 0 Å². The maximum Gasteiger partial charge on any atom is 0.339 e. The molecule has 11 nitrogen and oxygen atoms in total. The molecule has 4 aromatic rings. The molecule has 33 heavy (non-hydrogen) atoms. The Balaban J connectivity index is 1.53. The van der Waals surface area contributed by atoms with Crippen molar-refractivity contribution in [3.05, 3.63) is 70.6 Å². The standard InChI is InChI=1S/C22H19N5O6/c1-13(2)26-21-17(11-23-26)16(10-18(25-21)19-4-3-9-32-19)22(29)33-12-20(28)24-14-5-7-15(8-6-14)27(30)31/h3-11,13H,12H2,1-2H3,(H,24,28). The highest BCUT2D eigenvalue weighted by Crippen LogP contribution is 2.27. The summed E-state index contributed by atoms with van der Waals surface area (Å²) in [5, 5.41) is 18.0. The first-order valence-electron chi connectivity index (χ1n) is 9.97. The van der Waals surface area contributed by atoms with Crippen molar-refractivity contribution in [1.29, 1.82) is 0 Å². The van der Waals surface area contributed by atoms with Crippen LogP contribution < -0.4 is 5.32 Å². The first-order valence-corrected chi connectivity index (χ1v) is 9.97. The molecule has 0 atom stereocenters. The van der Waals surface area contributed by atoms with Gasteiger partial charge in [0.15, 0.2) is 18.0 Å². The van der Waals surface area contributed by atoms with E-state index in [1.807, 2.05) is 13.8 Å². The lowest BCUT2D eigenvalue weighted by atomic mass is 10.1. The van der Waals surface area contributed by atoms with Crippen molar-refractivity contribution in [2.24, 2.45) is 0 Å². The smallest absolute Gasteiger partial charge is 0.339 e. The second-order valence-corrected chi connectivity index (χ2v) is 7.38. The molecule has 0 aliphatic carbocycles. The van der Waals surface area contributed by atoms with Gasteiger partial charge < -0.3 is 14.5 Å². The minimum Gasteiger partial charge on any atom is -0.463 e. The fourth-order valence-corrected chi connectivity index (χ4v) is 3.19. The first kappa shape index (κ1) is 21.7. The first-order chi connectivity index (χ1) is 15.8. The van der Waals surface area contributed by atoms with E-state index in [2.05, 4.69) is 15.4 Å². The molecule has 0 bridgehead atoms. The minimum absolute atomic E-state index is 0.00167. The number of nitrogens with zero attached hydrogens (tertiary/aromatic N) is 4. The minimum atomic E-state index is -0.725. The largest absolute Gasteiger partial charge is 0.463 e. The maximum atomic E-state index is 12.9. The Kier molecular flexibility index (Phi) is 5.85. The summed E-state index contributed by atoms with van der Waals surface area (Å²) in [4.78, 5) is 39.8. The van der Waals surface area contributed by atoms with Crippen LogP contribution in [0.4, 0.5) is 11.4 Å². The third-order valence-corrected chi connectivity index (χ3v) is 4.75. The summed E-state index contributed by atoms with van der Waals surface area (Å²) in [7, 11) is 0. The van der Waals surface area contributed by atoms with E-state index >= 15 is 0 Å². The lowest BCUT2D eigenvalue weighted by Gasteiger charge is -2.10. The Hall–Kier alpha value is -4.54. The third-order valence-electron chi connectivity index (χ3n) is 4.75. The van der Waals surface area contributed by atoms with Crippen LogP contribution in [0.3, 0.4) is 0 Å². The molecule has 0 aliphatic heterocycles. The summed E-state index contributed by atoms with van der Waals surface area (Å²) in [5.41, 5.74) is 1.35. The van der Waals surface area contributed by atoms with Crippen LogP contribution in [-0.2, 0) is 9.53 Å². The Morgan fingerprint density at radius 1 is 1.24 bits per heavy atom. The predicted octanol–water partition coefficient (Wildman–Crippen LogP) is 3.98. The van der Waals surface area contributed by atoms with E-state index in [1.165, 1.54) is 42.8 Å². The number of nitro groups is 1. The molecule has 0 spiro atoms. The number of carbonyl (C=O) groups is 2. The number of non-ortho nitro benzene ring substituents is 1. The number of pyridine rings is 1. The number of carbonyl (C=O) groups excluding carboxylic acids is 2. The predicted molar refractivity (Wildman–Crippen MR) is 118 cm³/mol. The molecule has 3 heterocycles. The summed E-state index contributed by atoms with van der Waals surface area (Å²) >= 11 is 0. The van der Waals surface area contributed by atoms with Crippen LogP contribution in [0, 0.1) is 10.1 Å². The van der Waals surface area contributed by atoms with E-state index < -0.39 is 23.4 Å². The highest BCUT2D eigenvalue weighted by atomic mass is 16.6. The van der Waals surface area contributed by atoms with Gasteiger partial charge in [0, 0.05) is 23.9 Å². The van der Waals surface area contributed by atoms with Gasteiger partial charge in [-0.15, -0.1) is 0 Å². The zero-order valence-corrected chi connectivity index (χ0v) is 17.7. The number of fused-ring (bicyclic) bond motifs is 1. The van der Waals surface area contributed by atoms with Crippen LogP contribution in [0.5, 0.6) is 0 Å². The van der Waals surface area contributed by atoms with E-state index in [9.17, 15) is 19.7 Å². The molecule has 1 amide bonds. The van der Waals surface area contributed by atoms with Crippen LogP contribution in [0.2, 0.25) is 0 Å². The van der Waals surface area contributed by atoms with Gasteiger partial charge in [-0.2, -0.15) is 5.10 Å². The van der Waals surface area contributed by atoms with Gasteiger partial charge in [-0.1, -0.05) is 0 Å². The van der Waals surface area contributed by atoms with E-state index in [-0.39, 0.29) is 17.3 Å². The zero-order valence-electron chi connectivity index (χ0n) is 17.7. The van der Waals surface area contributed by atoms with Crippen LogP contribution in [0.15, 0.2) is 59.3 Å². The van der Waals surface area contributed by atoms with Crippen molar-refractivity contribution in [2.45, 2.75) is 19.9 Å². The second kappa shape index (κ2) is 8.91. The molecule has 168 valence electrons. The number of nitrogens with one attached hydrogen (secondary N) is 1. The van der Waals surface area contributed by atoms with Gasteiger partial charge in [-0.05, 0) is 44.2 Å². The van der Waals surface area contributed by atoms with E-state index in [0.717, 1.165) is 0 Å². The zero-order chi connectivity index (χ0) is 23.5. The monoisotopic (exact) mass is 449 g/mol. The Morgan fingerprint density at radius 3 is 2.64 bits per heavy atom. The lowest BCUT2D eigenvalue weighted by molar-refractivity contribution is -0.384. The molecule has 4 rings (SSSR count). The number of furan rings is 1. The number of hydrogen-bond donors (Lipinski definition) is 1. The molecule has 0 saturated carbocycles. The van der Waals surface area contributed by atoms with Crippen LogP contribution in [0.25, 0.3) is 22.5 Å². The molecule has 1 N–H and O–H groups in total. The SMILES string of the molecule is CC(C)n1ncc2c(C(=O)OCC(=O)Nc3ccc([N+](=O)[O-])cc3)cc(-c3ccco3)nc21. The summed E-state index contributed by atoms with van der Waals surface area (Å²) < 4.78 is 12.3. The normalized spacial score (nSPS) is 11.0. The van der Waals surface area contributed by atoms with E-state index in [0.29, 0.717) is 28.2 Å². The number of amides is 1. The number of ether oxygens (including phenoxy) is 1. The summed E-state index contributed by atoms with van der Waals surface area (Å²) in [6.07, 6.45) is 3.03. The molecule has 0 radical (unpaired) electrons. The maximum absolute atomic E-state index is 12.9. The molecule has 0 aliphatic rings. The molecular weight excluding hydrogens is 430 g/mol.